The number of benzene rings is 1. The van der Waals surface area contributed by atoms with E-state index in [9.17, 15) is 4.79 Å². The summed E-state index contributed by atoms with van der Waals surface area (Å²) in [5, 5.41) is 13.5. The molecule has 0 radical (unpaired) electrons. The lowest BCUT2D eigenvalue weighted by Gasteiger charge is -2.12. The third-order valence-electron chi connectivity index (χ3n) is 4.44. The van der Waals surface area contributed by atoms with Crippen LogP contribution < -0.4 is 4.74 Å². The van der Waals surface area contributed by atoms with Crippen molar-refractivity contribution >= 4 is 11.5 Å². The van der Waals surface area contributed by atoms with E-state index in [1.165, 1.54) is 13.3 Å². The van der Waals surface area contributed by atoms with Gasteiger partial charge in [-0.25, -0.2) is 14.3 Å². The van der Waals surface area contributed by atoms with Gasteiger partial charge in [0.2, 0.25) is 0 Å². The molecule has 4 rings (SSSR count). The summed E-state index contributed by atoms with van der Waals surface area (Å²) >= 11 is 0. The minimum absolute atomic E-state index is 0.292. The molecule has 7 nitrogen and oxygen atoms in total. The van der Waals surface area contributed by atoms with Crippen molar-refractivity contribution in [2.24, 2.45) is 0 Å². The second kappa shape index (κ2) is 7.82. The number of nitriles is 1. The first kappa shape index (κ1) is 18.2. The first-order valence-corrected chi connectivity index (χ1v) is 8.83. The van der Waals surface area contributed by atoms with Crippen LogP contribution in [0.3, 0.4) is 0 Å². The Balaban J connectivity index is 1.83. The van der Waals surface area contributed by atoms with Gasteiger partial charge >= 0.3 is 5.97 Å². The second-order valence-electron chi connectivity index (χ2n) is 6.21. The van der Waals surface area contributed by atoms with Crippen molar-refractivity contribution in [3.63, 3.8) is 0 Å². The normalized spacial score (nSPS) is 10.5. The Kier molecular flexibility index (Phi) is 4.91. The van der Waals surface area contributed by atoms with Crippen LogP contribution in [0.2, 0.25) is 0 Å². The highest BCUT2D eigenvalue weighted by Gasteiger charge is 2.20. The summed E-state index contributed by atoms with van der Waals surface area (Å²) in [6.45, 7) is 0.343. The molecule has 0 saturated heterocycles. The van der Waals surface area contributed by atoms with Crippen molar-refractivity contribution in [1.82, 2.24) is 14.6 Å². The van der Waals surface area contributed by atoms with E-state index in [-0.39, 0.29) is 0 Å². The fraction of sp³-hybridized carbons (Fsp3) is 0.0909. The number of ether oxygens (including phenoxy) is 2. The molecule has 7 heteroatoms. The Labute approximate surface area is 166 Å². The van der Waals surface area contributed by atoms with Gasteiger partial charge in [0.15, 0.2) is 0 Å². The van der Waals surface area contributed by atoms with Gasteiger partial charge in [-0.3, -0.25) is 0 Å². The molecular weight excluding hydrogens is 368 g/mol. The average Bonchev–Trinajstić information content (AvgIpc) is 3.23. The zero-order valence-electron chi connectivity index (χ0n) is 15.6. The molecule has 29 heavy (non-hydrogen) atoms. The predicted molar refractivity (Wildman–Crippen MR) is 105 cm³/mol. The van der Waals surface area contributed by atoms with Crippen molar-refractivity contribution in [1.29, 1.82) is 5.26 Å². The standard InChI is InChI=1S/C22H16N4O3/c1-28-22(27)18-13-25-26-19(16-9-10-24-17(11-16)12-23)7-8-20(21(18)26)29-14-15-5-3-2-4-6-15/h2-11,13H,14H2,1H3. The Morgan fingerprint density at radius 1 is 1.17 bits per heavy atom. The van der Waals surface area contributed by atoms with Gasteiger partial charge in [0.05, 0.1) is 19.0 Å². The van der Waals surface area contributed by atoms with Crippen LogP contribution in [0.15, 0.2) is 67.0 Å². The molecular formula is C22H16N4O3. The van der Waals surface area contributed by atoms with Crippen LogP contribution in [0.5, 0.6) is 5.75 Å². The number of rotatable bonds is 5. The summed E-state index contributed by atoms with van der Waals surface area (Å²) in [6, 6.07) is 18.8. The fourth-order valence-corrected chi connectivity index (χ4v) is 3.05. The maximum atomic E-state index is 12.3. The number of pyridine rings is 2. The minimum atomic E-state index is -0.505. The molecule has 4 aromatic rings. The molecule has 1 aromatic carbocycles. The summed E-state index contributed by atoms with van der Waals surface area (Å²) in [5.74, 6) is -0.000723. The van der Waals surface area contributed by atoms with Crippen molar-refractivity contribution < 1.29 is 14.3 Å². The Morgan fingerprint density at radius 2 is 2.00 bits per heavy atom. The monoisotopic (exact) mass is 384 g/mol. The van der Waals surface area contributed by atoms with Crippen LogP contribution in [0.1, 0.15) is 21.6 Å². The molecule has 3 heterocycles. The zero-order chi connectivity index (χ0) is 20.2. The van der Waals surface area contributed by atoms with Crippen LogP contribution >= 0.6 is 0 Å². The van der Waals surface area contributed by atoms with Crippen LogP contribution in [-0.4, -0.2) is 27.7 Å². The molecule has 0 unspecified atom stereocenters. The SMILES string of the molecule is COC(=O)c1cnn2c(-c3ccnc(C#N)c3)ccc(OCc3ccccc3)c12. The Bertz CT molecular complexity index is 1230. The molecule has 3 aromatic heterocycles. The van der Waals surface area contributed by atoms with E-state index in [0.717, 1.165) is 11.1 Å². The third kappa shape index (κ3) is 3.51. The largest absolute Gasteiger partial charge is 0.487 e. The maximum absolute atomic E-state index is 12.3. The van der Waals surface area contributed by atoms with E-state index >= 15 is 0 Å². The molecule has 0 spiro atoms. The maximum Gasteiger partial charge on any atom is 0.341 e. The lowest BCUT2D eigenvalue weighted by Crippen LogP contribution is -2.04. The van der Waals surface area contributed by atoms with Crippen LogP contribution in [0.4, 0.5) is 0 Å². The van der Waals surface area contributed by atoms with Gasteiger partial charge < -0.3 is 9.47 Å². The summed E-state index contributed by atoms with van der Waals surface area (Å²) in [6.07, 6.45) is 3.01. The highest BCUT2D eigenvalue weighted by molar-refractivity contribution is 5.99. The fourth-order valence-electron chi connectivity index (χ4n) is 3.05. The lowest BCUT2D eigenvalue weighted by molar-refractivity contribution is 0.0602. The number of hydrogen-bond donors (Lipinski definition) is 0. The van der Waals surface area contributed by atoms with Gasteiger partial charge in [0.1, 0.15) is 35.2 Å². The van der Waals surface area contributed by atoms with E-state index in [0.29, 0.717) is 34.8 Å². The third-order valence-corrected chi connectivity index (χ3v) is 4.44. The molecule has 0 atom stereocenters. The Hall–Kier alpha value is -4.18. The molecule has 0 N–H and O–H groups in total. The zero-order valence-corrected chi connectivity index (χ0v) is 15.6. The summed E-state index contributed by atoms with van der Waals surface area (Å²) in [4.78, 5) is 16.3. The number of esters is 1. The van der Waals surface area contributed by atoms with Crippen LogP contribution in [0.25, 0.3) is 16.8 Å². The smallest absolute Gasteiger partial charge is 0.341 e. The van der Waals surface area contributed by atoms with Crippen molar-refractivity contribution in [3.05, 3.63) is 83.8 Å². The van der Waals surface area contributed by atoms with Gasteiger partial charge in [-0.2, -0.15) is 10.4 Å². The van der Waals surface area contributed by atoms with Crippen molar-refractivity contribution in [2.75, 3.05) is 7.11 Å². The summed E-state index contributed by atoms with van der Waals surface area (Å²) in [5.41, 5.74) is 3.53. The van der Waals surface area contributed by atoms with Crippen molar-refractivity contribution in [3.8, 4) is 23.1 Å². The highest BCUT2D eigenvalue weighted by atomic mass is 16.5. The van der Waals surface area contributed by atoms with E-state index in [4.69, 9.17) is 14.7 Å². The second-order valence-corrected chi connectivity index (χ2v) is 6.21. The number of nitrogens with zero attached hydrogens (tertiary/aromatic N) is 4. The molecule has 0 aliphatic heterocycles. The van der Waals surface area contributed by atoms with Gasteiger partial charge in [-0.1, -0.05) is 30.3 Å². The molecule has 142 valence electrons. The molecule has 0 saturated carbocycles. The minimum Gasteiger partial charge on any atom is -0.487 e. The summed E-state index contributed by atoms with van der Waals surface area (Å²) in [7, 11) is 1.32. The van der Waals surface area contributed by atoms with Gasteiger partial charge in [0.25, 0.3) is 0 Å². The number of carbonyl (C=O) groups is 1. The Morgan fingerprint density at radius 3 is 2.76 bits per heavy atom. The molecule has 0 bridgehead atoms. The highest BCUT2D eigenvalue weighted by Crippen LogP contribution is 2.30. The van der Waals surface area contributed by atoms with Crippen molar-refractivity contribution in [2.45, 2.75) is 6.61 Å². The van der Waals surface area contributed by atoms with Crippen LogP contribution in [-0.2, 0) is 11.3 Å². The van der Waals surface area contributed by atoms with Gasteiger partial charge in [-0.15, -0.1) is 0 Å². The molecule has 0 fully saturated rings. The first-order chi connectivity index (χ1) is 14.2. The average molecular weight is 384 g/mol. The van der Waals surface area contributed by atoms with Gasteiger partial charge in [0, 0.05) is 11.8 Å². The summed E-state index contributed by atoms with van der Waals surface area (Å²) < 4.78 is 12.5. The molecule has 0 aliphatic carbocycles. The van der Waals surface area contributed by atoms with E-state index in [2.05, 4.69) is 10.1 Å². The van der Waals surface area contributed by atoms with Gasteiger partial charge in [-0.05, 0) is 29.8 Å². The molecule has 0 amide bonds. The van der Waals surface area contributed by atoms with E-state index in [1.54, 1.807) is 28.9 Å². The first-order valence-electron chi connectivity index (χ1n) is 8.83. The number of hydrogen-bond acceptors (Lipinski definition) is 6. The predicted octanol–water partition coefficient (Wildman–Crippen LogP) is 3.63. The van der Waals surface area contributed by atoms with E-state index < -0.39 is 5.97 Å². The molecule has 0 aliphatic rings. The number of carbonyl (C=O) groups excluding carboxylic acids is 1. The van der Waals surface area contributed by atoms with Crippen LogP contribution in [0, 0.1) is 11.3 Å². The quantitative estimate of drug-likeness (QED) is 0.488. The van der Waals surface area contributed by atoms with E-state index in [1.807, 2.05) is 42.5 Å². The number of aromatic nitrogens is 3. The number of fused-ring (bicyclic) bond motifs is 1. The topological polar surface area (TPSA) is 89.5 Å². The lowest BCUT2D eigenvalue weighted by atomic mass is 10.1. The number of methoxy groups -OCH3 is 1.